The molecule has 0 radical (unpaired) electrons. The van der Waals surface area contributed by atoms with E-state index in [-0.39, 0.29) is 37.0 Å². The summed E-state index contributed by atoms with van der Waals surface area (Å²) in [5.41, 5.74) is 0.291. The first-order valence-corrected chi connectivity index (χ1v) is 7.78. The summed E-state index contributed by atoms with van der Waals surface area (Å²) >= 11 is 0. The number of carbonyl (C=O) groups excluding carboxylic acids is 1. The summed E-state index contributed by atoms with van der Waals surface area (Å²) in [4.78, 5) is 33.3. The molecule has 1 unspecified atom stereocenters. The van der Waals surface area contributed by atoms with Crippen molar-refractivity contribution < 1.29 is 19.6 Å². The molecule has 1 aromatic rings. The van der Waals surface area contributed by atoms with E-state index in [2.05, 4.69) is 10.6 Å². The van der Waals surface area contributed by atoms with Gasteiger partial charge in [0.25, 0.3) is 5.69 Å². The summed E-state index contributed by atoms with van der Waals surface area (Å²) in [5, 5.41) is 25.4. The Morgan fingerprint density at radius 2 is 1.96 bits per heavy atom. The lowest BCUT2D eigenvalue weighted by Gasteiger charge is -2.15. The van der Waals surface area contributed by atoms with Crippen LogP contribution in [0.3, 0.4) is 0 Å². The minimum Gasteiger partial charge on any atom is -0.481 e. The van der Waals surface area contributed by atoms with E-state index in [4.69, 9.17) is 5.11 Å². The van der Waals surface area contributed by atoms with Gasteiger partial charge in [-0.2, -0.15) is 0 Å². The zero-order valence-corrected chi connectivity index (χ0v) is 13.8. The molecule has 1 rings (SSSR count). The molecule has 1 atom stereocenters. The Hall–Kier alpha value is -2.64. The molecule has 0 aliphatic rings. The molecular formula is C16H23N3O5. The van der Waals surface area contributed by atoms with Crippen molar-refractivity contribution >= 4 is 23.3 Å². The first-order valence-electron chi connectivity index (χ1n) is 7.78. The minimum atomic E-state index is -0.929. The van der Waals surface area contributed by atoms with E-state index in [1.54, 1.807) is 18.2 Å². The Bertz CT molecular complexity index is 589. The van der Waals surface area contributed by atoms with Gasteiger partial charge < -0.3 is 15.7 Å². The molecule has 8 heteroatoms. The maximum absolute atomic E-state index is 11.8. The lowest BCUT2D eigenvalue weighted by molar-refractivity contribution is -0.384. The highest BCUT2D eigenvalue weighted by atomic mass is 16.6. The second-order valence-corrected chi connectivity index (χ2v) is 5.92. The molecule has 132 valence electrons. The van der Waals surface area contributed by atoms with Gasteiger partial charge in [0.05, 0.1) is 10.8 Å². The molecule has 0 aliphatic heterocycles. The topological polar surface area (TPSA) is 122 Å². The lowest BCUT2D eigenvalue weighted by Crippen LogP contribution is -2.34. The molecule has 1 amide bonds. The molecule has 24 heavy (non-hydrogen) atoms. The molecule has 0 fully saturated rings. The lowest BCUT2D eigenvalue weighted by atomic mass is 9.97. The Morgan fingerprint density at radius 1 is 1.29 bits per heavy atom. The van der Waals surface area contributed by atoms with Gasteiger partial charge in [-0.3, -0.25) is 19.7 Å². The van der Waals surface area contributed by atoms with Gasteiger partial charge in [-0.1, -0.05) is 26.0 Å². The van der Waals surface area contributed by atoms with E-state index in [9.17, 15) is 19.7 Å². The summed E-state index contributed by atoms with van der Waals surface area (Å²) in [6.45, 7) is 4.15. The van der Waals surface area contributed by atoms with Crippen LogP contribution in [-0.4, -0.2) is 35.0 Å². The Morgan fingerprint density at radius 3 is 2.54 bits per heavy atom. The van der Waals surface area contributed by atoms with Crippen LogP contribution in [0, 0.1) is 22.0 Å². The van der Waals surface area contributed by atoms with Gasteiger partial charge in [0.2, 0.25) is 5.91 Å². The summed E-state index contributed by atoms with van der Waals surface area (Å²) in [6.07, 6.45) is 0.587. The van der Waals surface area contributed by atoms with E-state index in [1.165, 1.54) is 6.07 Å². The van der Waals surface area contributed by atoms with Crippen LogP contribution in [0.1, 0.15) is 26.7 Å². The van der Waals surface area contributed by atoms with Gasteiger partial charge in [0, 0.05) is 25.6 Å². The third-order valence-corrected chi connectivity index (χ3v) is 3.42. The number of hydrogen-bond acceptors (Lipinski definition) is 5. The highest BCUT2D eigenvalue weighted by molar-refractivity contribution is 5.78. The van der Waals surface area contributed by atoms with Crippen molar-refractivity contribution in [1.29, 1.82) is 0 Å². The van der Waals surface area contributed by atoms with Crippen LogP contribution in [0.15, 0.2) is 24.3 Å². The van der Waals surface area contributed by atoms with E-state index < -0.39 is 16.8 Å². The van der Waals surface area contributed by atoms with Crippen molar-refractivity contribution in [3.63, 3.8) is 0 Å². The quantitative estimate of drug-likeness (QED) is 0.445. The molecule has 1 aromatic carbocycles. The first kappa shape index (κ1) is 19.4. The SMILES string of the molecule is CC(C)CC(CNC(=O)CCNc1ccccc1[N+](=O)[O-])C(=O)O. The number of benzene rings is 1. The number of aliphatic carboxylic acids is 1. The number of rotatable bonds is 10. The summed E-state index contributed by atoms with van der Waals surface area (Å²) in [6, 6.07) is 6.18. The molecule has 0 bridgehead atoms. The van der Waals surface area contributed by atoms with Crippen LogP contribution >= 0.6 is 0 Å². The number of hydrogen-bond donors (Lipinski definition) is 3. The smallest absolute Gasteiger partial charge is 0.308 e. The second kappa shape index (κ2) is 9.49. The van der Waals surface area contributed by atoms with Gasteiger partial charge in [-0.15, -0.1) is 0 Å². The third-order valence-electron chi connectivity index (χ3n) is 3.42. The monoisotopic (exact) mass is 337 g/mol. The van der Waals surface area contributed by atoms with Crippen molar-refractivity contribution in [2.45, 2.75) is 26.7 Å². The molecule has 0 saturated heterocycles. The number of para-hydroxylation sites is 2. The number of nitro benzene ring substituents is 1. The van der Waals surface area contributed by atoms with Crippen molar-refractivity contribution in [3.8, 4) is 0 Å². The molecule has 0 aromatic heterocycles. The fraction of sp³-hybridized carbons (Fsp3) is 0.500. The van der Waals surface area contributed by atoms with E-state index >= 15 is 0 Å². The molecule has 0 aliphatic carbocycles. The molecule has 0 spiro atoms. The zero-order valence-electron chi connectivity index (χ0n) is 13.8. The summed E-state index contributed by atoms with van der Waals surface area (Å²) < 4.78 is 0. The maximum Gasteiger partial charge on any atom is 0.308 e. The van der Waals surface area contributed by atoms with Crippen molar-refractivity contribution in [2.75, 3.05) is 18.4 Å². The van der Waals surface area contributed by atoms with Crippen molar-refractivity contribution in [3.05, 3.63) is 34.4 Å². The largest absolute Gasteiger partial charge is 0.481 e. The van der Waals surface area contributed by atoms with Crippen LogP contribution in [-0.2, 0) is 9.59 Å². The van der Waals surface area contributed by atoms with E-state index in [0.717, 1.165) is 0 Å². The van der Waals surface area contributed by atoms with E-state index in [0.29, 0.717) is 12.1 Å². The van der Waals surface area contributed by atoms with Crippen LogP contribution in [0.25, 0.3) is 0 Å². The van der Waals surface area contributed by atoms with Crippen LogP contribution in [0.2, 0.25) is 0 Å². The number of nitrogens with one attached hydrogen (secondary N) is 2. The predicted molar refractivity (Wildman–Crippen MR) is 89.8 cm³/mol. The standard InChI is InChI=1S/C16H23N3O5/c1-11(2)9-12(16(21)22)10-18-15(20)7-8-17-13-5-3-4-6-14(13)19(23)24/h3-6,11-12,17H,7-10H2,1-2H3,(H,18,20)(H,21,22). The third kappa shape index (κ3) is 6.64. The Labute approximate surface area is 140 Å². The van der Waals surface area contributed by atoms with Crippen molar-refractivity contribution in [1.82, 2.24) is 5.32 Å². The highest BCUT2D eigenvalue weighted by Gasteiger charge is 2.19. The minimum absolute atomic E-state index is 0.0548. The number of anilines is 1. The van der Waals surface area contributed by atoms with Gasteiger partial charge in [0.1, 0.15) is 5.69 Å². The highest BCUT2D eigenvalue weighted by Crippen LogP contribution is 2.22. The number of carbonyl (C=O) groups is 2. The number of carboxylic acid groups (broad SMARTS) is 1. The molecular weight excluding hydrogens is 314 g/mol. The zero-order chi connectivity index (χ0) is 18.1. The van der Waals surface area contributed by atoms with Gasteiger partial charge in [-0.05, 0) is 18.4 Å². The number of carboxylic acids is 1. The van der Waals surface area contributed by atoms with Gasteiger partial charge >= 0.3 is 5.97 Å². The summed E-state index contributed by atoms with van der Waals surface area (Å²) in [5.74, 6) is -1.61. The molecule has 8 nitrogen and oxygen atoms in total. The van der Waals surface area contributed by atoms with Gasteiger partial charge in [0.15, 0.2) is 0 Å². The fourth-order valence-corrected chi connectivity index (χ4v) is 2.26. The van der Waals surface area contributed by atoms with Crippen molar-refractivity contribution in [2.24, 2.45) is 11.8 Å². The first-order chi connectivity index (χ1) is 11.3. The Kier molecular flexibility index (Phi) is 7.67. The Balaban J connectivity index is 2.42. The molecule has 0 heterocycles. The average molecular weight is 337 g/mol. The van der Waals surface area contributed by atoms with Crippen LogP contribution < -0.4 is 10.6 Å². The van der Waals surface area contributed by atoms with Crippen LogP contribution in [0.4, 0.5) is 11.4 Å². The summed E-state index contributed by atoms with van der Waals surface area (Å²) in [7, 11) is 0. The van der Waals surface area contributed by atoms with E-state index in [1.807, 2.05) is 13.8 Å². The number of nitro groups is 1. The van der Waals surface area contributed by atoms with Crippen LogP contribution in [0.5, 0.6) is 0 Å². The number of nitrogens with zero attached hydrogens (tertiary/aromatic N) is 1. The molecule has 0 saturated carbocycles. The van der Waals surface area contributed by atoms with Gasteiger partial charge in [-0.25, -0.2) is 0 Å². The predicted octanol–water partition coefficient (Wildman–Crippen LogP) is 2.26. The average Bonchev–Trinajstić information content (AvgIpc) is 2.51. The molecule has 3 N–H and O–H groups in total. The fourth-order valence-electron chi connectivity index (χ4n) is 2.26. The second-order valence-electron chi connectivity index (χ2n) is 5.92. The maximum atomic E-state index is 11.8. The number of amides is 1. The normalized spacial score (nSPS) is 11.8.